The third kappa shape index (κ3) is 3.74. The van der Waals surface area contributed by atoms with Gasteiger partial charge in [-0.15, -0.1) is 0 Å². The summed E-state index contributed by atoms with van der Waals surface area (Å²) in [4.78, 5) is 0. The van der Waals surface area contributed by atoms with Crippen LogP contribution in [0.3, 0.4) is 0 Å². The first kappa shape index (κ1) is 22.5. The quantitative estimate of drug-likeness (QED) is 0.255. The Kier molecular flexibility index (Phi) is 5.20. The predicted octanol–water partition coefficient (Wildman–Crippen LogP) is 9.35. The molecule has 4 aromatic carbocycles. The molecule has 1 heterocycles. The van der Waals surface area contributed by atoms with Crippen molar-refractivity contribution in [2.24, 2.45) is 0 Å². The Labute approximate surface area is 204 Å². The van der Waals surface area contributed by atoms with Crippen LogP contribution < -0.4 is 0 Å². The summed E-state index contributed by atoms with van der Waals surface area (Å²) in [6, 6.07) is 31.3. The summed E-state index contributed by atoms with van der Waals surface area (Å²) in [5.41, 5.74) is 10.7. The monoisotopic (exact) mass is 445 g/mol. The first-order chi connectivity index (χ1) is 16.1. The second-order valence-electron chi connectivity index (χ2n) is 11.6. The fraction of sp³-hybridized carbons (Fsp3) is 0.273. The highest BCUT2D eigenvalue weighted by molar-refractivity contribution is 6.12. The molecule has 0 saturated carbocycles. The van der Waals surface area contributed by atoms with Crippen molar-refractivity contribution in [2.75, 3.05) is 0 Å². The molecule has 0 bridgehead atoms. The summed E-state index contributed by atoms with van der Waals surface area (Å²) in [5, 5.41) is 2.65. The van der Waals surface area contributed by atoms with Gasteiger partial charge in [-0.25, -0.2) is 0 Å². The summed E-state index contributed by atoms with van der Waals surface area (Å²) in [5.74, 6) is 0. The third-order valence-electron chi connectivity index (χ3n) is 7.09. The van der Waals surface area contributed by atoms with Gasteiger partial charge in [0.15, 0.2) is 0 Å². The van der Waals surface area contributed by atoms with Crippen molar-refractivity contribution in [1.82, 2.24) is 4.57 Å². The van der Waals surface area contributed by atoms with E-state index in [1.807, 2.05) is 0 Å². The lowest BCUT2D eigenvalue weighted by Gasteiger charge is -2.26. The van der Waals surface area contributed by atoms with Crippen molar-refractivity contribution < 1.29 is 0 Å². The number of fused-ring (bicyclic) bond motifs is 3. The number of aromatic nitrogens is 1. The molecule has 1 heteroatoms. The van der Waals surface area contributed by atoms with E-state index in [-0.39, 0.29) is 10.8 Å². The van der Waals surface area contributed by atoms with Crippen LogP contribution in [-0.2, 0) is 10.8 Å². The minimum atomic E-state index is 0.0946. The number of hydrogen-bond donors (Lipinski definition) is 0. The standard InChI is InChI=1S/C33H35N/c1-22-27(23-19-24(32(2,3)4)21-25(20-23)33(5,6)7)17-18-30-31(22)28-15-11-12-16-29(28)34(30)26-13-9-8-10-14-26/h8-21H,1-7H3. The molecule has 1 nitrogen and oxygen atoms in total. The molecule has 0 amide bonds. The molecular weight excluding hydrogens is 410 g/mol. The summed E-state index contributed by atoms with van der Waals surface area (Å²) in [6.45, 7) is 16.1. The van der Waals surface area contributed by atoms with Gasteiger partial charge in [-0.05, 0) is 69.8 Å². The van der Waals surface area contributed by atoms with Crippen LogP contribution >= 0.6 is 0 Å². The topological polar surface area (TPSA) is 4.93 Å². The molecule has 34 heavy (non-hydrogen) atoms. The molecule has 0 aliphatic carbocycles. The second kappa shape index (κ2) is 7.87. The SMILES string of the molecule is Cc1c(-c2cc(C(C)(C)C)cc(C(C)(C)C)c2)ccc2c1c1ccccc1n2-c1ccccc1. The Bertz CT molecular complexity index is 1470. The van der Waals surface area contributed by atoms with E-state index in [4.69, 9.17) is 0 Å². The van der Waals surface area contributed by atoms with Gasteiger partial charge in [0.1, 0.15) is 0 Å². The fourth-order valence-electron chi connectivity index (χ4n) is 5.05. The maximum Gasteiger partial charge on any atom is 0.0544 e. The first-order valence-corrected chi connectivity index (χ1v) is 12.3. The number of rotatable bonds is 2. The third-order valence-corrected chi connectivity index (χ3v) is 7.09. The van der Waals surface area contributed by atoms with E-state index in [9.17, 15) is 0 Å². The molecular formula is C33H35N. The minimum Gasteiger partial charge on any atom is -0.309 e. The molecule has 0 radical (unpaired) electrons. The minimum absolute atomic E-state index is 0.0946. The smallest absolute Gasteiger partial charge is 0.0544 e. The fourth-order valence-corrected chi connectivity index (χ4v) is 5.05. The van der Waals surface area contributed by atoms with E-state index in [0.29, 0.717) is 0 Å². The van der Waals surface area contributed by atoms with E-state index in [2.05, 4.69) is 138 Å². The van der Waals surface area contributed by atoms with Gasteiger partial charge in [-0.1, -0.05) is 102 Å². The van der Waals surface area contributed by atoms with Crippen LogP contribution in [0.1, 0.15) is 58.2 Å². The second-order valence-corrected chi connectivity index (χ2v) is 11.6. The average molecular weight is 446 g/mol. The van der Waals surface area contributed by atoms with Gasteiger partial charge < -0.3 is 4.57 Å². The van der Waals surface area contributed by atoms with Crippen LogP contribution in [0.4, 0.5) is 0 Å². The molecule has 0 atom stereocenters. The molecule has 0 aliphatic heterocycles. The highest BCUT2D eigenvalue weighted by Gasteiger charge is 2.22. The number of benzene rings is 4. The van der Waals surface area contributed by atoms with E-state index in [1.54, 1.807) is 0 Å². The van der Waals surface area contributed by atoms with Crippen molar-refractivity contribution in [2.45, 2.75) is 59.3 Å². The lowest BCUT2D eigenvalue weighted by molar-refractivity contribution is 0.569. The molecule has 1 aromatic heterocycles. The molecule has 5 rings (SSSR count). The largest absolute Gasteiger partial charge is 0.309 e. The normalized spacial score (nSPS) is 12.6. The van der Waals surface area contributed by atoms with Crippen molar-refractivity contribution in [1.29, 1.82) is 0 Å². The summed E-state index contributed by atoms with van der Waals surface area (Å²) in [7, 11) is 0. The predicted molar refractivity (Wildman–Crippen MR) is 148 cm³/mol. The number of hydrogen-bond acceptors (Lipinski definition) is 0. The summed E-state index contributed by atoms with van der Waals surface area (Å²) >= 11 is 0. The molecule has 0 spiro atoms. The van der Waals surface area contributed by atoms with E-state index < -0.39 is 0 Å². The Hall–Kier alpha value is -3.32. The van der Waals surface area contributed by atoms with Gasteiger partial charge in [0.05, 0.1) is 11.0 Å². The van der Waals surface area contributed by atoms with Crippen LogP contribution in [0.5, 0.6) is 0 Å². The van der Waals surface area contributed by atoms with E-state index >= 15 is 0 Å². The van der Waals surface area contributed by atoms with Gasteiger partial charge in [0, 0.05) is 16.5 Å². The van der Waals surface area contributed by atoms with Crippen molar-refractivity contribution >= 4 is 21.8 Å². The van der Waals surface area contributed by atoms with Gasteiger partial charge in [-0.3, -0.25) is 0 Å². The van der Waals surface area contributed by atoms with Gasteiger partial charge in [0.2, 0.25) is 0 Å². The Morgan fingerprint density at radius 3 is 1.79 bits per heavy atom. The molecule has 5 aromatic rings. The van der Waals surface area contributed by atoms with Crippen molar-refractivity contribution in [3.8, 4) is 16.8 Å². The Balaban J connectivity index is 1.83. The lowest BCUT2D eigenvalue weighted by Crippen LogP contribution is -2.16. The molecule has 172 valence electrons. The molecule has 0 unspecified atom stereocenters. The van der Waals surface area contributed by atoms with Gasteiger partial charge >= 0.3 is 0 Å². The number of aryl methyl sites for hydroxylation is 1. The van der Waals surface area contributed by atoms with Gasteiger partial charge in [0.25, 0.3) is 0 Å². The summed E-state index contributed by atoms with van der Waals surface area (Å²) in [6.07, 6.45) is 0. The molecule has 0 fully saturated rings. The van der Waals surface area contributed by atoms with Crippen LogP contribution in [0.15, 0.2) is 84.9 Å². The first-order valence-electron chi connectivity index (χ1n) is 12.3. The maximum absolute atomic E-state index is 2.40. The van der Waals surface area contributed by atoms with Crippen LogP contribution in [0.2, 0.25) is 0 Å². The van der Waals surface area contributed by atoms with E-state index in [1.165, 1.54) is 55.3 Å². The zero-order valence-corrected chi connectivity index (χ0v) is 21.5. The van der Waals surface area contributed by atoms with Crippen LogP contribution in [0, 0.1) is 6.92 Å². The highest BCUT2D eigenvalue weighted by Crippen LogP contribution is 2.40. The van der Waals surface area contributed by atoms with E-state index in [0.717, 1.165) is 0 Å². The zero-order valence-electron chi connectivity index (χ0n) is 21.5. The molecule has 0 aliphatic rings. The Morgan fingerprint density at radius 1 is 0.588 bits per heavy atom. The van der Waals surface area contributed by atoms with Crippen LogP contribution in [0.25, 0.3) is 38.6 Å². The number of nitrogens with zero attached hydrogens (tertiary/aromatic N) is 1. The molecule has 0 saturated heterocycles. The maximum atomic E-state index is 2.40. The molecule has 0 N–H and O–H groups in total. The van der Waals surface area contributed by atoms with Crippen LogP contribution in [-0.4, -0.2) is 4.57 Å². The lowest BCUT2D eigenvalue weighted by atomic mass is 9.78. The number of para-hydroxylation sites is 2. The van der Waals surface area contributed by atoms with Crippen molar-refractivity contribution in [3.05, 3.63) is 102 Å². The summed E-state index contributed by atoms with van der Waals surface area (Å²) < 4.78 is 2.40. The average Bonchev–Trinajstić information content (AvgIpc) is 3.13. The highest BCUT2D eigenvalue weighted by atomic mass is 15.0. The zero-order chi connectivity index (χ0) is 24.3. The Morgan fingerprint density at radius 2 is 1.18 bits per heavy atom. The van der Waals surface area contributed by atoms with Crippen molar-refractivity contribution in [3.63, 3.8) is 0 Å². The van der Waals surface area contributed by atoms with Gasteiger partial charge in [-0.2, -0.15) is 0 Å².